The number of aliphatic hydroxyl groups excluding tert-OH is 1. The Morgan fingerprint density at radius 3 is 2.92 bits per heavy atom. The van der Waals surface area contributed by atoms with E-state index in [0.29, 0.717) is 18.9 Å². The average Bonchev–Trinajstić information content (AvgIpc) is 2.93. The Bertz CT molecular complexity index is 565. The van der Waals surface area contributed by atoms with E-state index >= 15 is 0 Å². The molecule has 24 heavy (non-hydrogen) atoms. The summed E-state index contributed by atoms with van der Waals surface area (Å²) in [5.41, 5.74) is 1.85. The molecule has 1 aliphatic carbocycles. The summed E-state index contributed by atoms with van der Waals surface area (Å²) < 4.78 is 0.963. The fourth-order valence-corrected chi connectivity index (χ4v) is 4.36. The number of amides is 1. The maximum atomic E-state index is 12.4. The number of hydrogen-bond acceptors (Lipinski definition) is 4. The van der Waals surface area contributed by atoms with Crippen molar-refractivity contribution in [3.63, 3.8) is 0 Å². The van der Waals surface area contributed by atoms with Gasteiger partial charge in [-0.15, -0.1) is 0 Å². The molecule has 2 aliphatic heterocycles. The first-order valence-electron chi connectivity index (χ1n) is 8.90. The number of dihydropyridines is 1. The summed E-state index contributed by atoms with van der Waals surface area (Å²) in [5, 5.41) is 15.6. The first kappa shape index (κ1) is 17.5. The van der Waals surface area contributed by atoms with Gasteiger partial charge >= 0.3 is 0 Å². The van der Waals surface area contributed by atoms with Crippen LogP contribution >= 0.6 is 15.9 Å². The third kappa shape index (κ3) is 4.03. The van der Waals surface area contributed by atoms with Crippen LogP contribution in [0.15, 0.2) is 34.2 Å². The highest BCUT2D eigenvalue weighted by molar-refractivity contribution is 9.11. The van der Waals surface area contributed by atoms with E-state index in [1.54, 1.807) is 0 Å². The molecule has 1 amide bonds. The zero-order chi connectivity index (χ0) is 16.9. The second-order valence-corrected chi connectivity index (χ2v) is 7.61. The van der Waals surface area contributed by atoms with Gasteiger partial charge in [0.25, 0.3) is 0 Å². The number of nitrogens with one attached hydrogen (secondary N) is 2. The molecule has 1 atom stereocenters. The zero-order valence-corrected chi connectivity index (χ0v) is 15.5. The number of carbonyl (C=O) groups excluding carboxylic acids is 1. The Labute approximate surface area is 152 Å². The topological polar surface area (TPSA) is 64.6 Å². The molecule has 3 aliphatic rings. The highest BCUT2D eigenvalue weighted by Gasteiger charge is 2.33. The van der Waals surface area contributed by atoms with E-state index in [9.17, 15) is 9.90 Å². The Kier molecular flexibility index (Phi) is 6.00. The molecule has 3 rings (SSSR count). The molecule has 6 heteroatoms. The molecule has 1 unspecified atom stereocenters. The van der Waals surface area contributed by atoms with Gasteiger partial charge in [-0.3, -0.25) is 4.79 Å². The average molecular weight is 396 g/mol. The van der Waals surface area contributed by atoms with Crippen LogP contribution in [0.4, 0.5) is 0 Å². The van der Waals surface area contributed by atoms with Crippen molar-refractivity contribution in [3.05, 3.63) is 34.2 Å². The molecule has 0 saturated heterocycles. The molecule has 0 radical (unpaired) electrons. The van der Waals surface area contributed by atoms with Gasteiger partial charge in [0.05, 0.1) is 12.3 Å². The zero-order valence-electron chi connectivity index (χ0n) is 13.9. The molecular formula is C18H26BrN3O2. The maximum Gasteiger partial charge on any atom is 0.224 e. The predicted octanol–water partition coefficient (Wildman–Crippen LogP) is 2.70. The minimum atomic E-state index is -0.0369. The van der Waals surface area contributed by atoms with Crippen molar-refractivity contribution in [2.24, 2.45) is 5.92 Å². The van der Waals surface area contributed by atoms with Crippen molar-refractivity contribution in [1.29, 1.82) is 0 Å². The van der Waals surface area contributed by atoms with Crippen molar-refractivity contribution in [3.8, 4) is 0 Å². The third-order valence-electron chi connectivity index (χ3n) is 5.07. The quantitative estimate of drug-likeness (QED) is 0.646. The fourth-order valence-electron chi connectivity index (χ4n) is 3.80. The van der Waals surface area contributed by atoms with Crippen LogP contribution in [0.25, 0.3) is 0 Å². The summed E-state index contributed by atoms with van der Waals surface area (Å²) >= 11 is 3.58. The van der Waals surface area contributed by atoms with E-state index in [1.165, 1.54) is 32.1 Å². The number of carbonyl (C=O) groups is 1. The molecule has 0 aromatic rings. The van der Waals surface area contributed by atoms with E-state index in [1.807, 2.05) is 23.4 Å². The number of nitrogens with zero attached hydrogens (tertiary/aromatic N) is 1. The van der Waals surface area contributed by atoms with Crippen LogP contribution in [0, 0.1) is 5.92 Å². The molecule has 132 valence electrons. The lowest BCUT2D eigenvalue weighted by Crippen LogP contribution is -2.41. The third-order valence-corrected chi connectivity index (χ3v) is 5.76. The highest BCUT2D eigenvalue weighted by Crippen LogP contribution is 2.33. The van der Waals surface area contributed by atoms with Gasteiger partial charge in [-0.05, 0) is 24.6 Å². The second kappa shape index (κ2) is 8.21. The first-order chi connectivity index (χ1) is 11.7. The molecule has 0 spiro atoms. The summed E-state index contributed by atoms with van der Waals surface area (Å²) in [6, 6.07) is 0. The molecule has 3 N–H and O–H groups in total. The lowest BCUT2D eigenvalue weighted by molar-refractivity contribution is -0.120. The minimum Gasteiger partial charge on any atom is -0.395 e. The van der Waals surface area contributed by atoms with Gasteiger partial charge in [0.2, 0.25) is 5.91 Å². The van der Waals surface area contributed by atoms with E-state index in [0.717, 1.165) is 22.2 Å². The number of halogens is 1. The van der Waals surface area contributed by atoms with Crippen LogP contribution in [-0.4, -0.2) is 35.2 Å². The van der Waals surface area contributed by atoms with Gasteiger partial charge in [0, 0.05) is 29.2 Å². The summed E-state index contributed by atoms with van der Waals surface area (Å²) in [7, 11) is 0. The summed E-state index contributed by atoms with van der Waals surface area (Å²) in [4.78, 5) is 14.4. The smallest absolute Gasteiger partial charge is 0.224 e. The van der Waals surface area contributed by atoms with E-state index < -0.39 is 0 Å². The normalized spacial score (nSPS) is 23.8. The van der Waals surface area contributed by atoms with Gasteiger partial charge in [-0.25, -0.2) is 0 Å². The molecule has 0 aromatic carbocycles. The summed E-state index contributed by atoms with van der Waals surface area (Å²) in [6.45, 7) is 0.600. The minimum absolute atomic E-state index is 0.0369. The number of β-amino-alcohol motifs (C(OH)–C–C–N with tert-alkyl or cyclic N) is 1. The Morgan fingerprint density at radius 2 is 2.17 bits per heavy atom. The van der Waals surface area contributed by atoms with E-state index in [2.05, 4.69) is 26.6 Å². The van der Waals surface area contributed by atoms with Crippen molar-refractivity contribution in [2.45, 2.75) is 51.1 Å². The summed E-state index contributed by atoms with van der Waals surface area (Å²) in [6.07, 6.45) is 13.8. The van der Waals surface area contributed by atoms with Crippen molar-refractivity contribution in [1.82, 2.24) is 15.5 Å². The molecular weight excluding hydrogens is 370 g/mol. The fraction of sp³-hybridized carbons (Fsp3) is 0.611. The number of allylic oxidation sites excluding steroid dienone is 2. The molecule has 1 saturated carbocycles. The largest absolute Gasteiger partial charge is 0.395 e. The number of hydrogen-bond donors (Lipinski definition) is 3. The standard InChI is InChI=1S/C18H26BrN3O2/c19-14-8-9-20-18-17(14)15(12-22(18)10-11-23)21-16(24)7-6-13-4-2-1-3-5-13/h8-9,12-13,18,20,23H,1-7,10-11H2,(H,21,24). The first-order valence-corrected chi connectivity index (χ1v) is 9.69. The van der Waals surface area contributed by atoms with Gasteiger partial charge in [-0.1, -0.05) is 48.0 Å². The molecule has 0 aromatic heterocycles. The van der Waals surface area contributed by atoms with Gasteiger partial charge in [-0.2, -0.15) is 0 Å². The van der Waals surface area contributed by atoms with Gasteiger partial charge < -0.3 is 20.6 Å². The van der Waals surface area contributed by atoms with Gasteiger partial charge in [0.15, 0.2) is 0 Å². The molecule has 2 heterocycles. The lowest BCUT2D eigenvalue weighted by Gasteiger charge is -2.28. The van der Waals surface area contributed by atoms with Gasteiger partial charge in [0.1, 0.15) is 6.17 Å². The van der Waals surface area contributed by atoms with Crippen molar-refractivity contribution in [2.75, 3.05) is 13.2 Å². The SMILES string of the molecule is O=C(CCC1CCCCC1)NC1=CN(CCO)C2NC=CC(Br)=C12. The predicted molar refractivity (Wildman–Crippen MR) is 97.8 cm³/mol. The maximum absolute atomic E-state index is 12.4. The molecule has 5 nitrogen and oxygen atoms in total. The number of fused-ring (bicyclic) bond motifs is 1. The molecule has 0 bridgehead atoms. The van der Waals surface area contributed by atoms with E-state index in [-0.39, 0.29) is 18.7 Å². The number of rotatable bonds is 6. The Balaban J connectivity index is 1.60. The lowest BCUT2D eigenvalue weighted by atomic mass is 9.86. The van der Waals surface area contributed by atoms with Crippen LogP contribution < -0.4 is 10.6 Å². The summed E-state index contributed by atoms with van der Waals surface area (Å²) in [5.74, 6) is 0.796. The van der Waals surface area contributed by atoms with Crippen LogP contribution in [0.2, 0.25) is 0 Å². The van der Waals surface area contributed by atoms with E-state index in [4.69, 9.17) is 0 Å². The van der Waals surface area contributed by atoms with Crippen molar-refractivity contribution < 1.29 is 9.90 Å². The van der Waals surface area contributed by atoms with Crippen LogP contribution in [0.1, 0.15) is 44.9 Å². The number of aliphatic hydroxyl groups is 1. The second-order valence-electron chi connectivity index (χ2n) is 6.76. The van der Waals surface area contributed by atoms with Crippen molar-refractivity contribution >= 4 is 21.8 Å². The highest BCUT2D eigenvalue weighted by atomic mass is 79.9. The Morgan fingerprint density at radius 1 is 1.38 bits per heavy atom. The Hall–Kier alpha value is -1.27. The van der Waals surface area contributed by atoms with Crippen LogP contribution in [0.3, 0.4) is 0 Å². The van der Waals surface area contributed by atoms with Crippen LogP contribution in [0.5, 0.6) is 0 Å². The molecule has 1 fully saturated rings. The van der Waals surface area contributed by atoms with Crippen LogP contribution in [-0.2, 0) is 4.79 Å². The monoisotopic (exact) mass is 395 g/mol.